The van der Waals surface area contributed by atoms with Crippen LogP contribution in [0.25, 0.3) is 0 Å². The second-order valence-electron chi connectivity index (χ2n) is 5.34. The van der Waals surface area contributed by atoms with Crippen LogP contribution in [-0.4, -0.2) is 27.0 Å². The van der Waals surface area contributed by atoms with Crippen LogP contribution in [-0.2, 0) is 4.79 Å². The molecule has 6 nitrogen and oxygen atoms in total. The van der Waals surface area contributed by atoms with Crippen LogP contribution in [0.4, 0.5) is 29.5 Å². The number of carbonyl (C=O) groups excluding carboxylic acids is 1. The van der Waals surface area contributed by atoms with Gasteiger partial charge in [-0.15, -0.1) is 0 Å². The van der Waals surface area contributed by atoms with E-state index in [1.807, 2.05) is 0 Å². The van der Waals surface area contributed by atoms with Gasteiger partial charge in [-0.3, -0.25) is 10.1 Å². The summed E-state index contributed by atoms with van der Waals surface area (Å²) in [5.41, 5.74) is 0.741. The molecule has 26 heavy (non-hydrogen) atoms. The monoisotopic (exact) mass is 391 g/mol. The first-order valence-corrected chi connectivity index (χ1v) is 7.70. The number of benzene rings is 1. The Morgan fingerprint density at radius 2 is 1.69 bits per heavy atom. The Balaban J connectivity index is 2.33. The number of anilines is 2. The minimum Gasteiger partial charge on any atom is -0.348 e. The molecule has 0 saturated carbocycles. The number of rotatable bonds is 5. The highest BCUT2D eigenvalue weighted by molar-refractivity contribution is 6.30. The average molecular weight is 392 g/mol. The van der Waals surface area contributed by atoms with Gasteiger partial charge >= 0.3 is 6.18 Å². The Kier molecular flexibility index (Phi) is 5.96. The second-order valence-corrected chi connectivity index (χ2v) is 5.78. The molecule has 140 valence electrons. The van der Waals surface area contributed by atoms with Crippen molar-refractivity contribution in [1.29, 1.82) is 0 Å². The number of aromatic nitrogens is 3. The molecule has 0 radical (unpaired) electrons. The first-order valence-electron chi connectivity index (χ1n) is 7.32. The van der Waals surface area contributed by atoms with E-state index in [0.717, 1.165) is 12.5 Å². The fraction of sp³-hybridized carbons (Fsp3) is 0.333. The lowest BCUT2D eigenvalue weighted by Gasteiger charge is -2.17. The van der Waals surface area contributed by atoms with Gasteiger partial charge in [0.2, 0.25) is 17.8 Å². The minimum absolute atomic E-state index is 0.312. The molecule has 0 bridgehead atoms. The highest BCUT2D eigenvalue weighted by atomic mass is 35.5. The summed E-state index contributed by atoms with van der Waals surface area (Å²) >= 11 is 5.80. The van der Waals surface area contributed by atoms with Gasteiger partial charge in [0.25, 0.3) is 6.17 Å². The number of alkyl halides is 4. The summed E-state index contributed by atoms with van der Waals surface area (Å²) in [6.45, 7) is 2.81. The van der Waals surface area contributed by atoms with Crippen LogP contribution in [0.15, 0.2) is 24.3 Å². The van der Waals surface area contributed by atoms with Gasteiger partial charge in [-0.1, -0.05) is 23.7 Å². The highest BCUT2D eigenvalue weighted by Gasteiger charge is 2.44. The van der Waals surface area contributed by atoms with E-state index >= 15 is 0 Å². The van der Waals surface area contributed by atoms with Crippen LogP contribution >= 0.6 is 11.6 Å². The number of amides is 1. The zero-order chi connectivity index (χ0) is 19.5. The van der Waals surface area contributed by atoms with Gasteiger partial charge in [-0.2, -0.15) is 28.1 Å². The number of nitrogens with zero attached hydrogens (tertiary/aromatic N) is 3. The van der Waals surface area contributed by atoms with E-state index in [9.17, 15) is 22.4 Å². The molecule has 1 aromatic carbocycles. The van der Waals surface area contributed by atoms with E-state index in [1.54, 1.807) is 31.2 Å². The van der Waals surface area contributed by atoms with Crippen LogP contribution in [0, 0.1) is 0 Å². The van der Waals surface area contributed by atoms with Gasteiger partial charge in [0.1, 0.15) is 0 Å². The SMILES string of the molecule is CC(=O)Nc1nc(NC(C)c2ccc(Cl)cc2)nc(C(F)C(F)(F)F)n1. The minimum atomic E-state index is -5.19. The molecule has 0 saturated heterocycles. The molecule has 0 fully saturated rings. The van der Waals surface area contributed by atoms with Gasteiger partial charge in [0.05, 0.1) is 6.04 Å². The summed E-state index contributed by atoms with van der Waals surface area (Å²) in [7, 11) is 0. The molecule has 1 aromatic heterocycles. The molecule has 0 aliphatic rings. The zero-order valence-corrected chi connectivity index (χ0v) is 14.4. The van der Waals surface area contributed by atoms with Crippen LogP contribution in [0.2, 0.25) is 5.02 Å². The van der Waals surface area contributed by atoms with Crippen LogP contribution < -0.4 is 10.6 Å². The topological polar surface area (TPSA) is 79.8 Å². The van der Waals surface area contributed by atoms with Crippen molar-refractivity contribution in [3.8, 4) is 0 Å². The van der Waals surface area contributed by atoms with Gasteiger partial charge in [-0.25, -0.2) is 4.39 Å². The Morgan fingerprint density at radius 3 is 2.23 bits per heavy atom. The van der Waals surface area contributed by atoms with E-state index in [2.05, 4.69) is 25.6 Å². The van der Waals surface area contributed by atoms with E-state index < -0.39 is 36.1 Å². The highest BCUT2D eigenvalue weighted by Crippen LogP contribution is 2.34. The molecule has 1 amide bonds. The van der Waals surface area contributed by atoms with Crippen molar-refractivity contribution in [2.75, 3.05) is 10.6 Å². The molecule has 2 N–H and O–H groups in total. The number of hydrogen-bond acceptors (Lipinski definition) is 5. The first kappa shape index (κ1) is 19.8. The summed E-state index contributed by atoms with van der Waals surface area (Å²) in [4.78, 5) is 21.7. The third-order valence-electron chi connectivity index (χ3n) is 3.17. The fourth-order valence-corrected chi connectivity index (χ4v) is 2.08. The quantitative estimate of drug-likeness (QED) is 0.746. The van der Waals surface area contributed by atoms with Crippen LogP contribution in [0.1, 0.15) is 37.4 Å². The van der Waals surface area contributed by atoms with Crippen molar-refractivity contribution in [3.05, 3.63) is 40.7 Å². The number of halogens is 5. The van der Waals surface area contributed by atoms with Crippen molar-refractivity contribution in [2.45, 2.75) is 32.2 Å². The van der Waals surface area contributed by atoms with E-state index in [4.69, 9.17) is 11.6 Å². The Morgan fingerprint density at radius 1 is 1.12 bits per heavy atom. The molecule has 1 heterocycles. The lowest BCUT2D eigenvalue weighted by atomic mass is 10.1. The third-order valence-corrected chi connectivity index (χ3v) is 3.42. The fourth-order valence-electron chi connectivity index (χ4n) is 1.96. The maximum atomic E-state index is 13.6. The van der Waals surface area contributed by atoms with Crippen molar-refractivity contribution < 1.29 is 22.4 Å². The number of carbonyl (C=O) groups is 1. The molecule has 11 heteroatoms. The standard InChI is InChI=1S/C15H14ClF4N5O/c1-7(9-3-5-10(16)6-4-9)21-13-23-12(11(17)15(18,19)20)24-14(25-13)22-8(2)26/h3-7,11H,1-2H3,(H2,21,22,23,24,25,26). The smallest absolute Gasteiger partial charge is 0.348 e. The van der Waals surface area contributed by atoms with Gasteiger partial charge in [0.15, 0.2) is 5.82 Å². The predicted molar refractivity (Wildman–Crippen MR) is 87.5 cm³/mol. The van der Waals surface area contributed by atoms with E-state index in [-0.39, 0.29) is 5.95 Å². The second kappa shape index (κ2) is 7.81. The van der Waals surface area contributed by atoms with Crippen LogP contribution in [0.5, 0.6) is 0 Å². The molecule has 2 aromatic rings. The maximum absolute atomic E-state index is 13.6. The first-order chi connectivity index (χ1) is 12.1. The van der Waals surface area contributed by atoms with E-state index in [1.165, 1.54) is 0 Å². The summed E-state index contributed by atoms with van der Waals surface area (Å²) in [6, 6.07) is 6.24. The molecular weight excluding hydrogens is 378 g/mol. The zero-order valence-electron chi connectivity index (χ0n) is 13.6. The molecule has 2 rings (SSSR count). The summed E-state index contributed by atoms with van der Waals surface area (Å²) in [5.74, 6) is -2.57. The number of hydrogen-bond donors (Lipinski definition) is 2. The normalized spacial score (nSPS) is 13.8. The Labute approximate surface area is 151 Å². The lowest BCUT2D eigenvalue weighted by molar-refractivity contribution is -0.184. The molecule has 0 aliphatic heterocycles. The van der Waals surface area contributed by atoms with Crippen molar-refractivity contribution >= 4 is 29.4 Å². The summed E-state index contributed by atoms with van der Waals surface area (Å²) < 4.78 is 51.5. The average Bonchev–Trinajstić information content (AvgIpc) is 2.52. The Bertz CT molecular complexity index is 785. The largest absolute Gasteiger partial charge is 0.427 e. The van der Waals surface area contributed by atoms with Gasteiger partial charge in [0, 0.05) is 11.9 Å². The predicted octanol–water partition coefficient (Wildman–Crippen LogP) is 4.23. The number of nitrogens with one attached hydrogen (secondary N) is 2. The van der Waals surface area contributed by atoms with Crippen molar-refractivity contribution in [3.63, 3.8) is 0 Å². The lowest BCUT2D eigenvalue weighted by Crippen LogP contribution is -2.22. The van der Waals surface area contributed by atoms with Crippen molar-refractivity contribution in [1.82, 2.24) is 15.0 Å². The summed E-state index contributed by atoms with van der Waals surface area (Å²) in [5, 5.41) is 5.38. The Hall–Kier alpha value is -2.49. The molecular formula is C15H14ClF4N5O. The maximum Gasteiger partial charge on any atom is 0.427 e. The van der Waals surface area contributed by atoms with Gasteiger partial charge < -0.3 is 5.32 Å². The van der Waals surface area contributed by atoms with Crippen LogP contribution in [0.3, 0.4) is 0 Å². The van der Waals surface area contributed by atoms with Crippen molar-refractivity contribution in [2.24, 2.45) is 0 Å². The summed E-state index contributed by atoms with van der Waals surface area (Å²) in [6.07, 6.45) is -8.60. The molecule has 0 aliphatic carbocycles. The van der Waals surface area contributed by atoms with Gasteiger partial charge in [-0.05, 0) is 24.6 Å². The molecule has 2 unspecified atom stereocenters. The molecule has 0 spiro atoms. The molecule has 2 atom stereocenters. The third kappa shape index (κ3) is 5.25. The van der Waals surface area contributed by atoms with E-state index in [0.29, 0.717) is 5.02 Å².